The van der Waals surface area contributed by atoms with E-state index in [2.05, 4.69) is 49.9 Å². The van der Waals surface area contributed by atoms with Gasteiger partial charge in [-0.25, -0.2) is 4.98 Å². The van der Waals surface area contributed by atoms with Gasteiger partial charge in [-0.1, -0.05) is 32.8 Å². The molecule has 0 aromatic carbocycles. The van der Waals surface area contributed by atoms with Crippen molar-refractivity contribution in [1.82, 2.24) is 30.7 Å². The maximum Gasteiger partial charge on any atom is 0.322 e. The molecule has 8 heteroatoms. The highest BCUT2D eigenvalue weighted by Gasteiger charge is 2.10. The topological polar surface area (TPSA) is 102 Å². The van der Waals surface area contributed by atoms with Crippen molar-refractivity contribution in [3.8, 4) is 0 Å². The third-order valence-corrected chi connectivity index (χ3v) is 2.86. The standard InChI is InChI=1S/C13H21N7O/c1-5-9-10(6-2)17-19-12(15-9)16-13-20-18-11(21-13)7-14-8(3)4/h8,14H,5-7H2,1-4H3,(H,15,16,19,20). The number of nitrogens with zero attached hydrogens (tertiary/aromatic N) is 5. The summed E-state index contributed by atoms with van der Waals surface area (Å²) in [7, 11) is 0. The quantitative estimate of drug-likeness (QED) is 0.793. The van der Waals surface area contributed by atoms with Crippen LogP contribution in [0.4, 0.5) is 12.0 Å². The third-order valence-electron chi connectivity index (χ3n) is 2.86. The Hall–Kier alpha value is -2.09. The van der Waals surface area contributed by atoms with E-state index in [9.17, 15) is 0 Å². The Bertz CT molecular complexity index is 582. The number of hydrogen-bond donors (Lipinski definition) is 2. The molecular formula is C13H21N7O. The first-order valence-electron chi connectivity index (χ1n) is 7.17. The van der Waals surface area contributed by atoms with Crippen LogP contribution in [0.15, 0.2) is 4.42 Å². The van der Waals surface area contributed by atoms with Crippen LogP contribution in [0.2, 0.25) is 0 Å². The minimum absolute atomic E-state index is 0.267. The molecule has 0 unspecified atom stereocenters. The Morgan fingerprint density at radius 3 is 2.43 bits per heavy atom. The molecule has 0 radical (unpaired) electrons. The van der Waals surface area contributed by atoms with Gasteiger partial charge >= 0.3 is 6.01 Å². The molecule has 0 amide bonds. The highest BCUT2D eigenvalue weighted by molar-refractivity contribution is 5.39. The van der Waals surface area contributed by atoms with Gasteiger partial charge in [0.2, 0.25) is 5.89 Å². The summed E-state index contributed by atoms with van der Waals surface area (Å²) < 4.78 is 5.46. The molecule has 2 rings (SSSR count). The molecular weight excluding hydrogens is 270 g/mol. The first-order chi connectivity index (χ1) is 10.1. The van der Waals surface area contributed by atoms with Crippen LogP contribution in [0.25, 0.3) is 0 Å². The van der Waals surface area contributed by atoms with Gasteiger partial charge in [0.1, 0.15) is 0 Å². The summed E-state index contributed by atoms with van der Waals surface area (Å²) in [4.78, 5) is 4.41. The SMILES string of the molecule is CCc1nnc(Nc2nnc(CNC(C)C)o2)nc1CC. The fourth-order valence-corrected chi connectivity index (χ4v) is 1.75. The summed E-state index contributed by atoms with van der Waals surface area (Å²) >= 11 is 0. The van der Waals surface area contributed by atoms with Crippen molar-refractivity contribution in [3.05, 3.63) is 17.3 Å². The van der Waals surface area contributed by atoms with Gasteiger partial charge in [0.25, 0.3) is 5.95 Å². The van der Waals surface area contributed by atoms with E-state index in [0.717, 1.165) is 24.2 Å². The van der Waals surface area contributed by atoms with Crippen LogP contribution in [-0.4, -0.2) is 31.4 Å². The highest BCUT2D eigenvalue weighted by Crippen LogP contribution is 2.12. The Balaban J connectivity index is 2.04. The lowest BCUT2D eigenvalue weighted by atomic mass is 10.2. The van der Waals surface area contributed by atoms with Crippen LogP contribution < -0.4 is 10.6 Å². The Labute approximate surface area is 123 Å². The average Bonchev–Trinajstić information content (AvgIpc) is 2.92. The van der Waals surface area contributed by atoms with E-state index in [4.69, 9.17) is 4.42 Å². The molecule has 8 nitrogen and oxygen atoms in total. The first kappa shape index (κ1) is 15.3. The monoisotopic (exact) mass is 291 g/mol. The lowest BCUT2D eigenvalue weighted by Gasteiger charge is -2.05. The summed E-state index contributed by atoms with van der Waals surface area (Å²) in [6.45, 7) is 8.70. The molecule has 0 saturated carbocycles. The molecule has 114 valence electrons. The number of hydrogen-bond acceptors (Lipinski definition) is 8. The van der Waals surface area contributed by atoms with E-state index in [1.807, 2.05) is 13.8 Å². The summed E-state index contributed by atoms with van der Waals surface area (Å²) in [6.07, 6.45) is 1.62. The maximum absolute atomic E-state index is 5.46. The molecule has 2 aromatic rings. The lowest BCUT2D eigenvalue weighted by molar-refractivity contribution is 0.460. The second-order valence-corrected chi connectivity index (χ2v) is 4.90. The largest absolute Gasteiger partial charge is 0.406 e. The zero-order chi connectivity index (χ0) is 15.2. The van der Waals surface area contributed by atoms with E-state index < -0.39 is 0 Å². The molecule has 2 heterocycles. The maximum atomic E-state index is 5.46. The summed E-state index contributed by atoms with van der Waals surface area (Å²) in [5.74, 6) is 0.885. The molecule has 0 aliphatic carbocycles. The van der Waals surface area contributed by atoms with Crippen molar-refractivity contribution in [1.29, 1.82) is 0 Å². The summed E-state index contributed by atoms with van der Waals surface area (Å²) in [5, 5.41) is 22.1. The minimum atomic E-state index is 0.267. The fourth-order valence-electron chi connectivity index (χ4n) is 1.75. The van der Waals surface area contributed by atoms with Crippen molar-refractivity contribution in [2.24, 2.45) is 0 Å². The molecule has 0 aliphatic rings. The number of nitrogens with one attached hydrogen (secondary N) is 2. The first-order valence-corrected chi connectivity index (χ1v) is 7.17. The summed E-state index contributed by atoms with van der Waals surface area (Å²) in [5.41, 5.74) is 1.84. The van der Waals surface area contributed by atoms with Gasteiger partial charge < -0.3 is 9.73 Å². The second kappa shape index (κ2) is 7.07. The normalized spacial score (nSPS) is 11.1. The third kappa shape index (κ3) is 4.19. The number of rotatable bonds is 7. The number of aryl methyl sites for hydroxylation is 2. The van der Waals surface area contributed by atoms with Crippen molar-refractivity contribution in [3.63, 3.8) is 0 Å². The zero-order valence-corrected chi connectivity index (χ0v) is 12.8. The van der Waals surface area contributed by atoms with E-state index in [1.54, 1.807) is 0 Å². The van der Waals surface area contributed by atoms with Crippen molar-refractivity contribution in [2.75, 3.05) is 5.32 Å². The van der Waals surface area contributed by atoms with E-state index in [0.29, 0.717) is 24.4 Å². The summed E-state index contributed by atoms with van der Waals surface area (Å²) in [6, 6.07) is 0.623. The van der Waals surface area contributed by atoms with Gasteiger partial charge in [0.05, 0.1) is 17.9 Å². The van der Waals surface area contributed by atoms with E-state index in [1.165, 1.54) is 0 Å². The van der Waals surface area contributed by atoms with Gasteiger partial charge in [-0.05, 0) is 12.8 Å². The van der Waals surface area contributed by atoms with Crippen molar-refractivity contribution in [2.45, 2.75) is 53.1 Å². The molecule has 2 N–H and O–H groups in total. The molecule has 0 fully saturated rings. The smallest absolute Gasteiger partial charge is 0.322 e. The Morgan fingerprint density at radius 2 is 1.76 bits per heavy atom. The molecule has 0 saturated heterocycles. The van der Waals surface area contributed by atoms with Gasteiger partial charge in [0.15, 0.2) is 0 Å². The Morgan fingerprint density at radius 1 is 1.00 bits per heavy atom. The number of anilines is 2. The molecule has 0 aliphatic heterocycles. The predicted molar refractivity (Wildman–Crippen MR) is 78.1 cm³/mol. The highest BCUT2D eigenvalue weighted by atomic mass is 16.4. The van der Waals surface area contributed by atoms with Crippen LogP contribution in [-0.2, 0) is 19.4 Å². The molecule has 21 heavy (non-hydrogen) atoms. The van der Waals surface area contributed by atoms with Crippen LogP contribution >= 0.6 is 0 Å². The van der Waals surface area contributed by atoms with E-state index in [-0.39, 0.29) is 6.01 Å². The lowest BCUT2D eigenvalue weighted by Crippen LogP contribution is -2.21. The fraction of sp³-hybridized carbons (Fsp3) is 0.615. The molecule has 2 aromatic heterocycles. The molecule has 0 spiro atoms. The molecule has 0 atom stereocenters. The van der Waals surface area contributed by atoms with Crippen LogP contribution in [0.5, 0.6) is 0 Å². The van der Waals surface area contributed by atoms with Gasteiger partial charge in [-0.2, -0.15) is 0 Å². The van der Waals surface area contributed by atoms with Crippen molar-refractivity contribution < 1.29 is 4.42 Å². The zero-order valence-electron chi connectivity index (χ0n) is 12.8. The second-order valence-electron chi connectivity index (χ2n) is 4.90. The average molecular weight is 291 g/mol. The van der Waals surface area contributed by atoms with E-state index >= 15 is 0 Å². The van der Waals surface area contributed by atoms with Crippen LogP contribution in [0, 0.1) is 0 Å². The van der Waals surface area contributed by atoms with Gasteiger partial charge in [-0.15, -0.1) is 15.3 Å². The van der Waals surface area contributed by atoms with Crippen LogP contribution in [0.1, 0.15) is 45.0 Å². The predicted octanol–water partition coefficient (Wildman–Crippen LogP) is 1.62. The van der Waals surface area contributed by atoms with Gasteiger partial charge in [-0.3, -0.25) is 5.32 Å². The Kier molecular flexibility index (Phi) is 5.15. The van der Waals surface area contributed by atoms with Gasteiger partial charge in [0, 0.05) is 6.04 Å². The number of aromatic nitrogens is 5. The minimum Gasteiger partial charge on any atom is -0.406 e. The van der Waals surface area contributed by atoms with Crippen molar-refractivity contribution >= 4 is 12.0 Å². The molecule has 0 bridgehead atoms. The van der Waals surface area contributed by atoms with Crippen LogP contribution in [0.3, 0.4) is 0 Å².